The Bertz CT molecular complexity index is 1650. The predicted octanol–water partition coefficient (Wildman–Crippen LogP) is 5.77. The van der Waals surface area contributed by atoms with E-state index in [4.69, 9.17) is 4.74 Å². The minimum Gasteiger partial charge on any atom is -0.487 e. The van der Waals surface area contributed by atoms with Gasteiger partial charge in [-0.25, -0.2) is 0 Å². The lowest BCUT2D eigenvalue weighted by Gasteiger charge is -2.38. The van der Waals surface area contributed by atoms with E-state index in [9.17, 15) is 19.5 Å². The van der Waals surface area contributed by atoms with E-state index in [-0.39, 0.29) is 40.7 Å². The molecule has 9 nitrogen and oxygen atoms in total. The Kier molecular flexibility index (Phi) is 9.85. The first kappa shape index (κ1) is 33.0. The van der Waals surface area contributed by atoms with Crippen molar-refractivity contribution in [2.75, 3.05) is 18.0 Å². The number of aryl methyl sites for hydroxylation is 1. The standard InChI is InChI=1S/C38H48N4O5/c1-4-25-16-17-33-29(21-25)31(23-38(2,3)47-33)39-19-18-30(35(44)26-11-6-5-7-12-26)40-36(45)27-22-32(41-20-10-15-34(41)43)37(46)42(24-27)28-13-8-9-14-28/h5-7,11-12,16-17,21-22,24,28,30-31,35,39,44H,4,8-10,13-15,18-20,23H2,1-3H3,(H,40,45)/t30-,31+,35-/m1/s1. The summed E-state index contributed by atoms with van der Waals surface area (Å²) in [6.45, 7) is 7.34. The second kappa shape index (κ2) is 14.0. The number of aliphatic hydroxyl groups excluding tert-OH is 1. The second-order valence-electron chi connectivity index (χ2n) is 13.9. The maximum atomic E-state index is 14.0. The van der Waals surface area contributed by atoms with Crippen molar-refractivity contribution in [1.82, 2.24) is 15.2 Å². The molecule has 1 aromatic heterocycles. The minimum absolute atomic E-state index is 0.00133. The van der Waals surface area contributed by atoms with E-state index in [1.165, 1.54) is 10.5 Å². The van der Waals surface area contributed by atoms with E-state index in [0.717, 1.165) is 49.8 Å². The number of hydrogen-bond donors (Lipinski definition) is 3. The van der Waals surface area contributed by atoms with E-state index >= 15 is 0 Å². The van der Waals surface area contributed by atoms with Gasteiger partial charge in [0.15, 0.2) is 0 Å². The molecule has 3 atom stereocenters. The number of carbonyl (C=O) groups is 2. The van der Waals surface area contributed by atoms with Crippen LogP contribution in [-0.2, 0) is 11.2 Å². The van der Waals surface area contributed by atoms with Crippen molar-refractivity contribution in [3.63, 3.8) is 0 Å². The van der Waals surface area contributed by atoms with Crippen LogP contribution in [0.1, 0.15) is 117 Å². The Morgan fingerprint density at radius 1 is 1.06 bits per heavy atom. The van der Waals surface area contributed by atoms with Gasteiger partial charge >= 0.3 is 0 Å². The fourth-order valence-corrected chi connectivity index (χ4v) is 7.42. The largest absolute Gasteiger partial charge is 0.487 e. The van der Waals surface area contributed by atoms with Crippen LogP contribution in [0.3, 0.4) is 0 Å². The summed E-state index contributed by atoms with van der Waals surface area (Å²) in [5.41, 5.74) is 3.11. The van der Waals surface area contributed by atoms with Crippen LogP contribution in [0.5, 0.6) is 5.75 Å². The number of anilines is 1. The van der Waals surface area contributed by atoms with Crippen molar-refractivity contribution in [1.29, 1.82) is 0 Å². The van der Waals surface area contributed by atoms with Crippen LogP contribution in [0.2, 0.25) is 0 Å². The van der Waals surface area contributed by atoms with Crippen molar-refractivity contribution in [3.8, 4) is 5.75 Å². The normalized spacial score (nSPS) is 20.5. The monoisotopic (exact) mass is 640 g/mol. The van der Waals surface area contributed by atoms with Crippen molar-refractivity contribution in [3.05, 3.63) is 93.4 Å². The first-order chi connectivity index (χ1) is 22.6. The van der Waals surface area contributed by atoms with E-state index in [2.05, 4.69) is 49.6 Å². The Morgan fingerprint density at radius 3 is 2.53 bits per heavy atom. The molecule has 0 unspecified atom stereocenters. The van der Waals surface area contributed by atoms with Crippen molar-refractivity contribution in [2.24, 2.45) is 0 Å². The molecule has 3 aliphatic rings. The van der Waals surface area contributed by atoms with Crippen LogP contribution < -0.4 is 25.8 Å². The molecular weight excluding hydrogens is 592 g/mol. The first-order valence-electron chi connectivity index (χ1n) is 17.3. The number of carbonyl (C=O) groups excluding carboxylic acids is 2. The van der Waals surface area contributed by atoms with Gasteiger partial charge < -0.3 is 29.9 Å². The van der Waals surface area contributed by atoms with Gasteiger partial charge in [0.2, 0.25) is 5.91 Å². The molecule has 250 valence electrons. The Morgan fingerprint density at radius 2 is 1.83 bits per heavy atom. The zero-order valence-electron chi connectivity index (χ0n) is 27.8. The number of benzene rings is 2. The van der Waals surface area contributed by atoms with Gasteiger partial charge in [-0.1, -0.05) is 62.2 Å². The van der Waals surface area contributed by atoms with Gasteiger partial charge in [0.25, 0.3) is 11.5 Å². The zero-order chi connectivity index (χ0) is 33.1. The summed E-state index contributed by atoms with van der Waals surface area (Å²) in [5, 5.41) is 18.4. The number of aromatic nitrogens is 1. The number of pyridine rings is 1. The quantitative estimate of drug-likeness (QED) is 0.246. The Labute approximate surface area is 277 Å². The minimum atomic E-state index is -0.951. The van der Waals surface area contributed by atoms with Gasteiger partial charge in [-0.3, -0.25) is 14.4 Å². The third-order valence-electron chi connectivity index (χ3n) is 9.99. The van der Waals surface area contributed by atoms with Crippen molar-refractivity contribution in [2.45, 2.75) is 108 Å². The van der Waals surface area contributed by atoms with E-state index in [1.54, 1.807) is 16.8 Å². The summed E-state index contributed by atoms with van der Waals surface area (Å²) in [6.07, 6.45) is 7.74. The highest BCUT2D eigenvalue weighted by Crippen LogP contribution is 2.40. The maximum Gasteiger partial charge on any atom is 0.274 e. The number of hydrogen-bond acceptors (Lipinski definition) is 6. The van der Waals surface area contributed by atoms with Crippen LogP contribution >= 0.6 is 0 Å². The summed E-state index contributed by atoms with van der Waals surface area (Å²) >= 11 is 0. The Hall–Kier alpha value is -3.95. The van der Waals surface area contributed by atoms with E-state index in [1.807, 2.05) is 30.3 Å². The zero-order valence-corrected chi connectivity index (χ0v) is 27.8. The number of amides is 2. The average molecular weight is 641 g/mol. The third kappa shape index (κ3) is 7.31. The van der Waals surface area contributed by atoms with Crippen LogP contribution in [0.4, 0.5) is 5.69 Å². The number of aliphatic hydroxyl groups is 1. The summed E-state index contributed by atoms with van der Waals surface area (Å²) in [6, 6.07) is 16.7. The van der Waals surface area contributed by atoms with Gasteiger partial charge in [-0.05, 0) is 75.8 Å². The van der Waals surface area contributed by atoms with Gasteiger partial charge in [0.1, 0.15) is 17.0 Å². The van der Waals surface area contributed by atoms with Gasteiger partial charge in [0.05, 0.1) is 17.7 Å². The molecule has 1 saturated heterocycles. The molecule has 2 aliphatic heterocycles. The molecule has 0 radical (unpaired) electrons. The van der Waals surface area contributed by atoms with Crippen LogP contribution in [-0.4, -0.2) is 46.2 Å². The molecule has 1 aliphatic carbocycles. The van der Waals surface area contributed by atoms with E-state index in [0.29, 0.717) is 43.5 Å². The molecule has 6 rings (SSSR count). The van der Waals surface area contributed by atoms with E-state index < -0.39 is 12.1 Å². The lowest BCUT2D eigenvalue weighted by atomic mass is 9.88. The van der Waals surface area contributed by atoms with Crippen LogP contribution in [0.15, 0.2) is 65.6 Å². The number of ether oxygens (including phenoxy) is 1. The highest BCUT2D eigenvalue weighted by Gasteiger charge is 2.34. The first-order valence-corrected chi connectivity index (χ1v) is 17.3. The molecule has 47 heavy (non-hydrogen) atoms. The smallest absolute Gasteiger partial charge is 0.274 e. The predicted molar refractivity (Wildman–Crippen MR) is 183 cm³/mol. The molecule has 3 N–H and O–H groups in total. The fraction of sp³-hybridized carbons (Fsp3) is 0.500. The highest BCUT2D eigenvalue weighted by molar-refractivity contribution is 5.98. The average Bonchev–Trinajstić information content (AvgIpc) is 3.76. The third-order valence-corrected chi connectivity index (χ3v) is 9.99. The number of rotatable bonds is 11. The lowest BCUT2D eigenvalue weighted by molar-refractivity contribution is -0.117. The van der Waals surface area contributed by atoms with Crippen molar-refractivity contribution >= 4 is 17.5 Å². The summed E-state index contributed by atoms with van der Waals surface area (Å²) in [4.78, 5) is 41.9. The number of nitrogens with zero attached hydrogens (tertiary/aromatic N) is 2. The number of nitrogens with one attached hydrogen (secondary N) is 2. The molecule has 2 aromatic carbocycles. The summed E-state index contributed by atoms with van der Waals surface area (Å²) in [7, 11) is 0. The molecule has 2 amide bonds. The molecule has 2 fully saturated rings. The maximum absolute atomic E-state index is 14.0. The lowest BCUT2D eigenvalue weighted by Crippen LogP contribution is -2.44. The topological polar surface area (TPSA) is 113 Å². The molecule has 3 heterocycles. The van der Waals surface area contributed by atoms with Crippen molar-refractivity contribution < 1.29 is 19.4 Å². The van der Waals surface area contributed by atoms with Gasteiger partial charge in [0, 0.05) is 43.2 Å². The molecule has 1 saturated carbocycles. The Balaban J connectivity index is 1.26. The highest BCUT2D eigenvalue weighted by atomic mass is 16.5. The molecule has 3 aromatic rings. The fourth-order valence-electron chi connectivity index (χ4n) is 7.42. The van der Waals surface area contributed by atoms with Gasteiger partial charge in [-0.15, -0.1) is 0 Å². The molecular formula is C38H48N4O5. The summed E-state index contributed by atoms with van der Waals surface area (Å²) in [5.74, 6) is 0.412. The number of fused-ring (bicyclic) bond motifs is 1. The SMILES string of the molecule is CCc1ccc2c(c1)[C@@H](NCC[C@@H](NC(=O)c1cc(N3CCCC3=O)c(=O)n(C3CCCC3)c1)[C@H](O)c1ccccc1)CC(C)(C)O2. The summed E-state index contributed by atoms with van der Waals surface area (Å²) < 4.78 is 7.96. The molecule has 0 spiro atoms. The van der Waals surface area contributed by atoms with Gasteiger partial charge in [-0.2, -0.15) is 0 Å². The van der Waals surface area contributed by atoms with Crippen LogP contribution in [0, 0.1) is 0 Å². The molecule has 9 heteroatoms. The van der Waals surface area contributed by atoms with Crippen LogP contribution in [0.25, 0.3) is 0 Å². The molecule has 0 bridgehead atoms. The second-order valence-corrected chi connectivity index (χ2v) is 13.9.